The maximum Gasteiger partial charge on any atom is 0.255 e. The highest BCUT2D eigenvalue weighted by molar-refractivity contribution is 7.91. The number of carbonyl (C=O) groups excluding carboxylic acids is 2. The lowest BCUT2D eigenvalue weighted by atomic mass is 9.99. The monoisotopic (exact) mass is 619 g/mol. The summed E-state index contributed by atoms with van der Waals surface area (Å²) in [4.78, 5) is 29.7. The zero-order valence-electron chi connectivity index (χ0n) is 22.5. The van der Waals surface area contributed by atoms with Crippen molar-refractivity contribution in [3.05, 3.63) is 122 Å². The van der Waals surface area contributed by atoms with E-state index >= 15 is 0 Å². The van der Waals surface area contributed by atoms with Crippen LogP contribution < -0.4 is 10.6 Å². The average Bonchev–Trinajstić information content (AvgIpc) is 3.39. The van der Waals surface area contributed by atoms with Gasteiger partial charge in [-0.05, 0) is 77.6 Å². The van der Waals surface area contributed by atoms with Gasteiger partial charge in [0.15, 0.2) is 0 Å². The van der Waals surface area contributed by atoms with E-state index in [9.17, 15) is 18.0 Å². The van der Waals surface area contributed by atoms with E-state index in [0.717, 1.165) is 27.9 Å². The second-order valence-corrected chi connectivity index (χ2v) is 13.2. The first-order chi connectivity index (χ1) is 20.1. The minimum atomic E-state index is -4.30. The van der Waals surface area contributed by atoms with Crippen LogP contribution in [-0.2, 0) is 35.8 Å². The van der Waals surface area contributed by atoms with E-state index in [-0.39, 0.29) is 20.9 Å². The van der Waals surface area contributed by atoms with Gasteiger partial charge in [-0.3, -0.25) is 9.59 Å². The summed E-state index contributed by atoms with van der Waals surface area (Å²) in [5, 5.41) is 0.957. The molecule has 0 aliphatic carbocycles. The van der Waals surface area contributed by atoms with Crippen LogP contribution in [0.25, 0.3) is 0 Å². The van der Waals surface area contributed by atoms with Crippen molar-refractivity contribution in [2.75, 3.05) is 18.0 Å². The van der Waals surface area contributed by atoms with Gasteiger partial charge in [-0.2, -0.15) is 0 Å². The fourth-order valence-corrected chi connectivity index (χ4v) is 7.79. The molecule has 2 heterocycles. The topological polar surface area (TPSA) is 101 Å². The van der Waals surface area contributed by atoms with E-state index < -0.39 is 21.7 Å². The van der Waals surface area contributed by atoms with Crippen LogP contribution in [0.1, 0.15) is 43.0 Å². The van der Waals surface area contributed by atoms with Crippen molar-refractivity contribution in [1.82, 2.24) is 4.90 Å². The molecule has 42 heavy (non-hydrogen) atoms. The highest BCUT2D eigenvalue weighted by Gasteiger charge is 2.33. The summed E-state index contributed by atoms with van der Waals surface area (Å²) in [5.41, 5.74) is 10.3. The molecule has 0 saturated carbocycles. The fraction of sp³-hybridized carbons (Fsp3) is 0.188. The number of sulfone groups is 1. The van der Waals surface area contributed by atoms with Gasteiger partial charge in [-0.1, -0.05) is 59.6 Å². The van der Waals surface area contributed by atoms with E-state index in [0.29, 0.717) is 49.1 Å². The highest BCUT2D eigenvalue weighted by Crippen LogP contribution is 2.36. The van der Waals surface area contributed by atoms with Crippen molar-refractivity contribution in [2.24, 2.45) is 5.73 Å². The van der Waals surface area contributed by atoms with Crippen molar-refractivity contribution < 1.29 is 18.0 Å². The Morgan fingerprint density at radius 1 is 0.786 bits per heavy atom. The molecule has 214 valence electrons. The maximum absolute atomic E-state index is 14.2. The number of hydrogen-bond acceptors (Lipinski definition) is 5. The SMILES string of the molecule is NC(=O)c1cccc(C(=O)N2CCc3ccccc3C2)c1S(=O)(=O)c1ccc2c(c1)CCN2Cc1ccc(Cl)c(Cl)c1. The fourth-order valence-electron chi connectivity index (χ4n) is 5.78. The van der Waals surface area contributed by atoms with Crippen molar-refractivity contribution in [1.29, 1.82) is 0 Å². The first-order valence-electron chi connectivity index (χ1n) is 13.5. The standard InChI is InChI=1S/C32H27Cl2N3O4S/c33-27-10-8-20(16-28(27)34)18-36-14-13-22-17-24(9-11-29(22)36)42(40,41)30-25(31(35)38)6-3-7-26(30)32(39)37-15-12-21-4-1-2-5-23(21)19-37/h1-11,16-17H,12-15,18-19H2,(H2,35,38). The number of nitrogens with two attached hydrogens (primary N) is 1. The predicted molar refractivity (Wildman–Crippen MR) is 163 cm³/mol. The van der Waals surface area contributed by atoms with Gasteiger partial charge in [0.2, 0.25) is 15.7 Å². The first kappa shape index (κ1) is 28.3. The van der Waals surface area contributed by atoms with Crippen LogP contribution in [0.4, 0.5) is 5.69 Å². The lowest BCUT2D eigenvalue weighted by Crippen LogP contribution is -2.37. The number of halogens is 2. The van der Waals surface area contributed by atoms with Crippen LogP contribution in [-0.4, -0.2) is 38.2 Å². The molecule has 4 aromatic rings. The molecule has 2 aliphatic heterocycles. The number of benzene rings is 4. The number of hydrogen-bond donors (Lipinski definition) is 1. The Kier molecular flexibility index (Phi) is 7.47. The minimum absolute atomic E-state index is 0.00405. The molecule has 0 radical (unpaired) electrons. The normalized spacial score (nSPS) is 14.4. The molecule has 6 rings (SSSR count). The predicted octanol–water partition coefficient (Wildman–Crippen LogP) is 5.69. The molecule has 0 atom stereocenters. The van der Waals surface area contributed by atoms with Crippen LogP contribution in [0.15, 0.2) is 88.7 Å². The number of primary amides is 1. The molecule has 0 bridgehead atoms. The molecule has 7 nitrogen and oxygen atoms in total. The van der Waals surface area contributed by atoms with Gasteiger partial charge < -0.3 is 15.5 Å². The summed E-state index contributed by atoms with van der Waals surface area (Å²) in [6, 6.07) is 22.6. The Labute approximate surface area is 254 Å². The molecular weight excluding hydrogens is 593 g/mol. The Hall–Kier alpha value is -3.85. The third kappa shape index (κ3) is 5.15. The van der Waals surface area contributed by atoms with Crippen LogP contribution in [0, 0.1) is 0 Å². The molecule has 4 aromatic carbocycles. The molecule has 2 aliphatic rings. The third-order valence-corrected chi connectivity index (χ3v) is 10.5. The molecular formula is C32H27Cl2N3O4S. The van der Waals surface area contributed by atoms with E-state index in [2.05, 4.69) is 4.90 Å². The number of nitrogens with zero attached hydrogens (tertiary/aromatic N) is 2. The lowest BCUT2D eigenvalue weighted by molar-refractivity contribution is 0.0730. The summed E-state index contributed by atoms with van der Waals surface area (Å²) in [6.45, 7) is 2.06. The third-order valence-electron chi connectivity index (χ3n) is 7.91. The van der Waals surface area contributed by atoms with Gasteiger partial charge in [0.1, 0.15) is 0 Å². The highest BCUT2D eigenvalue weighted by atomic mass is 35.5. The van der Waals surface area contributed by atoms with Gasteiger partial charge in [-0.15, -0.1) is 0 Å². The molecule has 0 saturated heterocycles. The lowest BCUT2D eigenvalue weighted by Gasteiger charge is -2.29. The van der Waals surface area contributed by atoms with Crippen molar-refractivity contribution in [2.45, 2.75) is 35.7 Å². The molecule has 0 aromatic heterocycles. The molecule has 0 fully saturated rings. The van der Waals surface area contributed by atoms with Gasteiger partial charge in [0, 0.05) is 31.9 Å². The number of amides is 2. The summed E-state index contributed by atoms with van der Waals surface area (Å²) in [5.74, 6) is -1.37. The van der Waals surface area contributed by atoms with Crippen molar-refractivity contribution in [3.8, 4) is 0 Å². The number of rotatable bonds is 6. The Morgan fingerprint density at radius 3 is 2.29 bits per heavy atom. The quantitative estimate of drug-likeness (QED) is 0.299. The van der Waals surface area contributed by atoms with Gasteiger partial charge in [-0.25, -0.2) is 8.42 Å². The van der Waals surface area contributed by atoms with Gasteiger partial charge >= 0.3 is 0 Å². The number of carbonyl (C=O) groups is 2. The average molecular weight is 621 g/mol. The van der Waals surface area contributed by atoms with E-state index in [1.165, 1.54) is 24.3 Å². The van der Waals surface area contributed by atoms with E-state index in [4.69, 9.17) is 28.9 Å². The maximum atomic E-state index is 14.2. The Morgan fingerprint density at radius 2 is 1.52 bits per heavy atom. The molecule has 0 unspecified atom stereocenters. The smallest absolute Gasteiger partial charge is 0.255 e. The summed E-state index contributed by atoms with van der Waals surface area (Å²) in [6.07, 6.45) is 1.29. The first-order valence-corrected chi connectivity index (χ1v) is 15.7. The van der Waals surface area contributed by atoms with E-state index in [1.807, 2.05) is 36.4 Å². The zero-order chi connectivity index (χ0) is 29.6. The summed E-state index contributed by atoms with van der Waals surface area (Å²) >= 11 is 12.3. The van der Waals surface area contributed by atoms with Crippen LogP contribution in [0.2, 0.25) is 10.0 Å². The summed E-state index contributed by atoms with van der Waals surface area (Å²) < 4.78 is 28.4. The summed E-state index contributed by atoms with van der Waals surface area (Å²) in [7, 11) is -4.30. The zero-order valence-corrected chi connectivity index (χ0v) is 24.8. The number of anilines is 1. The van der Waals surface area contributed by atoms with Gasteiger partial charge in [0.25, 0.3) is 5.91 Å². The largest absolute Gasteiger partial charge is 0.367 e. The minimum Gasteiger partial charge on any atom is -0.367 e. The molecule has 10 heteroatoms. The van der Waals surface area contributed by atoms with Gasteiger partial charge in [0.05, 0.1) is 31.0 Å². The Bertz CT molecular complexity index is 1860. The molecule has 2 amide bonds. The van der Waals surface area contributed by atoms with Crippen LogP contribution in [0.3, 0.4) is 0 Å². The van der Waals surface area contributed by atoms with Crippen LogP contribution >= 0.6 is 23.2 Å². The van der Waals surface area contributed by atoms with E-state index in [1.54, 1.807) is 23.1 Å². The van der Waals surface area contributed by atoms with Crippen molar-refractivity contribution >= 4 is 50.5 Å². The molecule has 2 N–H and O–H groups in total. The Balaban J connectivity index is 1.35. The van der Waals surface area contributed by atoms with Crippen LogP contribution in [0.5, 0.6) is 0 Å². The molecule has 0 spiro atoms. The van der Waals surface area contributed by atoms with Crippen molar-refractivity contribution in [3.63, 3.8) is 0 Å². The second kappa shape index (κ2) is 11.1. The second-order valence-electron chi connectivity index (χ2n) is 10.5. The number of fused-ring (bicyclic) bond motifs is 2.